The fourth-order valence-electron chi connectivity index (χ4n) is 5.51. The second-order valence-corrected chi connectivity index (χ2v) is 9.83. The number of fused-ring (bicyclic) bond motifs is 1. The van der Waals surface area contributed by atoms with Crippen LogP contribution in [0, 0.1) is 0 Å². The predicted molar refractivity (Wildman–Crippen MR) is 133 cm³/mol. The molecule has 1 aliphatic carbocycles. The van der Waals surface area contributed by atoms with Crippen molar-refractivity contribution in [2.75, 3.05) is 13.1 Å². The molecule has 1 aromatic carbocycles. The normalized spacial score (nSPS) is 20.6. The van der Waals surface area contributed by atoms with Crippen LogP contribution in [0.3, 0.4) is 0 Å². The third-order valence-corrected chi connectivity index (χ3v) is 7.46. The Labute approximate surface area is 215 Å². The van der Waals surface area contributed by atoms with Crippen molar-refractivity contribution >= 4 is 22.8 Å². The fourth-order valence-corrected chi connectivity index (χ4v) is 5.51. The number of H-pyrrole nitrogens is 1. The number of imidazole rings is 1. The molecule has 3 heterocycles. The highest BCUT2D eigenvalue weighted by Crippen LogP contribution is 2.33. The van der Waals surface area contributed by atoms with Crippen LogP contribution < -0.4 is 10.4 Å². The predicted octanol–water partition coefficient (Wildman–Crippen LogP) is 4.98. The summed E-state index contributed by atoms with van der Waals surface area (Å²) in [7, 11) is 0. The monoisotopic (exact) mass is 531 g/mol. The number of ether oxygens (including phenoxy) is 1. The van der Waals surface area contributed by atoms with E-state index in [0.29, 0.717) is 31.6 Å². The number of nitrogens with zero attached hydrogens (tertiary/aromatic N) is 4. The van der Waals surface area contributed by atoms with Crippen molar-refractivity contribution in [1.82, 2.24) is 19.4 Å². The van der Waals surface area contributed by atoms with Gasteiger partial charge >= 0.3 is 12.1 Å². The molecule has 0 bridgehead atoms. The lowest BCUT2D eigenvalue weighted by Crippen LogP contribution is -2.40. The Balaban J connectivity index is 1.28. The Bertz CT molecular complexity index is 1390. The van der Waals surface area contributed by atoms with Gasteiger partial charge in [-0.15, -0.1) is 13.2 Å². The van der Waals surface area contributed by atoms with Gasteiger partial charge in [-0.3, -0.25) is 14.3 Å². The molecule has 1 aliphatic heterocycles. The third-order valence-electron chi connectivity index (χ3n) is 7.46. The molecule has 1 saturated heterocycles. The zero-order chi connectivity index (χ0) is 26.9. The molecule has 2 fully saturated rings. The molecule has 0 radical (unpaired) electrons. The lowest BCUT2D eigenvalue weighted by atomic mass is 9.93. The molecule has 1 amide bonds. The number of carbonyl (C=O) groups excluding carboxylic acids is 1. The van der Waals surface area contributed by atoms with Gasteiger partial charge in [-0.05, 0) is 86.8 Å². The van der Waals surface area contributed by atoms with Crippen LogP contribution in [0.15, 0.2) is 46.5 Å². The lowest BCUT2D eigenvalue weighted by Gasteiger charge is -2.32. The van der Waals surface area contributed by atoms with Gasteiger partial charge in [-0.2, -0.15) is 0 Å². The molecule has 5 rings (SSSR count). The van der Waals surface area contributed by atoms with Crippen molar-refractivity contribution in [3.8, 4) is 5.75 Å². The maximum atomic E-state index is 12.9. The summed E-state index contributed by atoms with van der Waals surface area (Å²) in [4.78, 5) is 34.8. The van der Waals surface area contributed by atoms with E-state index in [1.807, 2.05) is 6.07 Å². The number of piperidine rings is 1. The van der Waals surface area contributed by atoms with Crippen LogP contribution in [0.2, 0.25) is 0 Å². The van der Waals surface area contributed by atoms with Crippen LogP contribution in [0.25, 0.3) is 11.2 Å². The molecular weight excluding hydrogens is 503 g/mol. The molecule has 38 heavy (non-hydrogen) atoms. The van der Waals surface area contributed by atoms with Crippen LogP contribution in [0.1, 0.15) is 72.8 Å². The van der Waals surface area contributed by atoms with Gasteiger partial charge in [0, 0.05) is 30.9 Å². The van der Waals surface area contributed by atoms with Gasteiger partial charge in [-0.25, -0.2) is 9.78 Å². The summed E-state index contributed by atoms with van der Waals surface area (Å²) in [5.74, 6) is -0.404. The summed E-state index contributed by atoms with van der Waals surface area (Å²) in [5, 5.41) is 12.5. The molecule has 12 heteroatoms. The first kappa shape index (κ1) is 25.8. The highest BCUT2D eigenvalue weighted by molar-refractivity contribution is 5.94. The standard InChI is InChI=1S/C26H28F3N5O4/c27-26(28,29)38-21-8-5-17(6-9-21)24(35)33-12-10-20(11-13-33)34-22-14-18(15-30-23(22)31-25(34)36)16-2-1-3-19(32-37)7-4-16/h5-6,8-9,14-16,20,37H,1-4,7,10-13H2,(H,30,31,36)/b32-19+/t16-/m1/s1. The number of hydrogen-bond donors (Lipinski definition) is 2. The molecule has 2 aliphatic rings. The molecule has 1 saturated carbocycles. The van der Waals surface area contributed by atoms with Gasteiger partial charge in [-0.1, -0.05) is 5.16 Å². The number of benzene rings is 1. The molecule has 3 aromatic rings. The number of hydrogen-bond acceptors (Lipinski definition) is 6. The first-order chi connectivity index (χ1) is 18.2. The number of pyridine rings is 1. The number of nitrogens with one attached hydrogen (secondary N) is 1. The second kappa shape index (κ2) is 10.5. The summed E-state index contributed by atoms with van der Waals surface area (Å²) >= 11 is 0. The second-order valence-electron chi connectivity index (χ2n) is 9.83. The van der Waals surface area contributed by atoms with Crippen LogP contribution in [0.5, 0.6) is 5.75 Å². The summed E-state index contributed by atoms with van der Waals surface area (Å²) in [6.45, 7) is 0.810. The summed E-state index contributed by atoms with van der Waals surface area (Å²) in [6.07, 6.45) is 2.35. The van der Waals surface area contributed by atoms with Gasteiger partial charge in [0.1, 0.15) is 5.75 Å². The van der Waals surface area contributed by atoms with Crippen molar-refractivity contribution in [2.24, 2.45) is 5.16 Å². The van der Waals surface area contributed by atoms with Gasteiger partial charge < -0.3 is 14.8 Å². The fraction of sp³-hybridized carbons (Fsp3) is 0.462. The molecule has 202 valence electrons. The zero-order valence-corrected chi connectivity index (χ0v) is 20.6. The molecule has 2 N–H and O–H groups in total. The van der Waals surface area contributed by atoms with Gasteiger partial charge in [0.25, 0.3) is 5.91 Å². The zero-order valence-electron chi connectivity index (χ0n) is 20.6. The summed E-state index contributed by atoms with van der Waals surface area (Å²) in [6, 6.07) is 6.77. The number of alkyl halides is 3. The lowest BCUT2D eigenvalue weighted by molar-refractivity contribution is -0.274. The SMILES string of the molecule is O=C(c1ccc(OC(F)(F)F)cc1)N1CCC(n2c(=O)[nH]c3ncc([C@@H]4CCC/C(=N\O)CC4)cc32)CC1. The maximum Gasteiger partial charge on any atom is 0.573 e. The first-order valence-electron chi connectivity index (χ1n) is 12.7. The van der Waals surface area contributed by atoms with Gasteiger partial charge in [0.2, 0.25) is 0 Å². The highest BCUT2D eigenvalue weighted by atomic mass is 19.4. The van der Waals surface area contributed by atoms with Gasteiger partial charge in [0.05, 0.1) is 11.2 Å². The van der Waals surface area contributed by atoms with Crippen LogP contribution >= 0.6 is 0 Å². The number of oxime groups is 1. The number of aromatic nitrogens is 3. The molecular formula is C26H28F3N5O4. The quantitative estimate of drug-likeness (QED) is 0.280. The number of aromatic amines is 1. The summed E-state index contributed by atoms with van der Waals surface area (Å²) < 4.78 is 42.8. The van der Waals surface area contributed by atoms with Crippen molar-refractivity contribution in [3.63, 3.8) is 0 Å². The van der Waals surface area contributed by atoms with E-state index in [1.165, 1.54) is 12.1 Å². The number of likely N-dealkylation sites (tertiary alicyclic amines) is 1. The first-order valence-corrected chi connectivity index (χ1v) is 12.7. The summed E-state index contributed by atoms with van der Waals surface area (Å²) in [5.41, 5.74) is 3.14. The van der Waals surface area contributed by atoms with Crippen molar-refractivity contribution in [1.29, 1.82) is 0 Å². The van der Waals surface area contributed by atoms with Crippen LogP contribution in [0.4, 0.5) is 13.2 Å². The van der Waals surface area contributed by atoms with Crippen molar-refractivity contribution in [3.05, 3.63) is 58.1 Å². The molecule has 0 spiro atoms. The number of amides is 1. The number of carbonyl (C=O) groups is 1. The Morgan fingerprint density at radius 3 is 2.53 bits per heavy atom. The van der Waals surface area contributed by atoms with E-state index in [-0.39, 0.29) is 34.9 Å². The van der Waals surface area contributed by atoms with Crippen LogP contribution in [-0.2, 0) is 0 Å². The maximum absolute atomic E-state index is 12.9. The van der Waals surface area contributed by atoms with Crippen molar-refractivity contribution in [2.45, 2.75) is 63.3 Å². The molecule has 0 unspecified atom stereocenters. The third kappa shape index (κ3) is 5.53. The number of halogens is 3. The average Bonchev–Trinajstić information content (AvgIpc) is 3.06. The number of rotatable bonds is 4. The Hall–Kier alpha value is -3.83. The average molecular weight is 532 g/mol. The molecule has 9 nitrogen and oxygen atoms in total. The van der Waals surface area contributed by atoms with E-state index in [4.69, 9.17) is 5.21 Å². The Morgan fingerprint density at radius 2 is 1.84 bits per heavy atom. The van der Waals surface area contributed by atoms with E-state index in [2.05, 4.69) is 19.9 Å². The van der Waals surface area contributed by atoms with E-state index in [0.717, 1.165) is 61.0 Å². The minimum Gasteiger partial charge on any atom is -0.411 e. The Morgan fingerprint density at radius 1 is 1.11 bits per heavy atom. The van der Waals surface area contributed by atoms with E-state index in [1.54, 1.807) is 15.7 Å². The van der Waals surface area contributed by atoms with Crippen LogP contribution in [-0.4, -0.2) is 55.7 Å². The molecule has 2 aromatic heterocycles. The van der Waals surface area contributed by atoms with Crippen molar-refractivity contribution < 1.29 is 27.9 Å². The highest BCUT2D eigenvalue weighted by Gasteiger charge is 2.31. The topological polar surface area (TPSA) is 113 Å². The van der Waals surface area contributed by atoms with E-state index >= 15 is 0 Å². The van der Waals surface area contributed by atoms with Gasteiger partial charge in [0.15, 0.2) is 5.65 Å². The smallest absolute Gasteiger partial charge is 0.411 e. The minimum atomic E-state index is -4.79. The van der Waals surface area contributed by atoms with E-state index < -0.39 is 6.36 Å². The Kier molecular flexibility index (Phi) is 7.13. The largest absolute Gasteiger partial charge is 0.573 e. The minimum absolute atomic E-state index is 0.123. The molecule has 1 atom stereocenters. The van der Waals surface area contributed by atoms with E-state index in [9.17, 15) is 22.8 Å².